The van der Waals surface area contributed by atoms with Gasteiger partial charge in [-0.25, -0.2) is 9.29 Å². The lowest BCUT2D eigenvalue weighted by molar-refractivity contribution is -0.122. The molecule has 1 fully saturated rings. The van der Waals surface area contributed by atoms with Crippen molar-refractivity contribution in [3.05, 3.63) is 109 Å². The molecule has 0 unspecified atom stereocenters. The molecule has 1 N–H and O–H groups in total. The van der Waals surface area contributed by atoms with Crippen LogP contribution in [0.2, 0.25) is 0 Å². The SMILES string of the molecule is O=C(Cn1c2c(sc1=O)[C@@H](c1ccc(F)cc1)[C@H]1C(=O)N(c3ccc(Br)cc3)C(=O)[C@H]1S2)Nc1ccccc1. The molecule has 6 rings (SSSR count). The van der Waals surface area contributed by atoms with Gasteiger partial charge in [-0.1, -0.05) is 69.4 Å². The van der Waals surface area contributed by atoms with E-state index in [1.54, 1.807) is 60.7 Å². The third kappa shape index (κ3) is 4.64. The van der Waals surface area contributed by atoms with Crippen molar-refractivity contribution in [1.82, 2.24) is 4.57 Å². The Morgan fingerprint density at radius 1 is 0.923 bits per heavy atom. The zero-order valence-corrected chi connectivity index (χ0v) is 23.3. The molecular formula is C28H19BrFN3O4S2. The van der Waals surface area contributed by atoms with E-state index >= 15 is 0 Å². The van der Waals surface area contributed by atoms with Crippen LogP contribution < -0.4 is 15.1 Å². The second-order valence-electron chi connectivity index (χ2n) is 9.12. The molecule has 3 atom stereocenters. The summed E-state index contributed by atoms with van der Waals surface area (Å²) in [4.78, 5) is 55.0. The van der Waals surface area contributed by atoms with Gasteiger partial charge in [0, 0.05) is 21.0 Å². The monoisotopic (exact) mass is 623 g/mol. The first kappa shape index (κ1) is 25.7. The van der Waals surface area contributed by atoms with E-state index in [4.69, 9.17) is 0 Å². The Bertz CT molecular complexity index is 1660. The van der Waals surface area contributed by atoms with Gasteiger partial charge in [-0.3, -0.25) is 23.7 Å². The first-order valence-corrected chi connectivity index (χ1v) is 14.4. The average molecular weight is 625 g/mol. The number of benzene rings is 3. The number of imide groups is 1. The minimum Gasteiger partial charge on any atom is -0.325 e. The molecule has 39 heavy (non-hydrogen) atoms. The smallest absolute Gasteiger partial charge is 0.308 e. The minimum atomic E-state index is -0.818. The lowest BCUT2D eigenvalue weighted by atomic mass is 9.83. The fourth-order valence-corrected chi connectivity index (χ4v) is 8.03. The number of aromatic nitrogens is 1. The molecule has 0 aliphatic carbocycles. The van der Waals surface area contributed by atoms with Gasteiger partial charge in [-0.2, -0.15) is 0 Å². The summed E-state index contributed by atoms with van der Waals surface area (Å²) >= 11 is 5.46. The number of rotatable bonds is 5. The number of thiazole rings is 1. The Labute approximate surface area is 238 Å². The predicted molar refractivity (Wildman–Crippen MR) is 152 cm³/mol. The molecule has 3 heterocycles. The molecule has 4 aromatic rings. The molecule has 7 nitrogen and oxygen atoms in total. The first-order chi connectivity index (χ1) is 18.8. The van der Waals surface area contributed by atoms with Crippen LogP contribution in [0.25, 0.3) is 0 Å². The van der Waals surface area contributed by atoms with Crippen molar-refractivity contribution in [2.45, 2.75) is 22.7 Å². The highest BCUT2D eigenvalue weighted by Gasteiger charge is 2.56. The summed E-state index contributed by atoms with van der Waals surface area (Å²) in [5.41, 5.74) is 1.66. The zero-order chi connectivity index (χ0) is 27.3. The van der Waals surface area contributed by atoms with E-state index in [1.165, 1.54) is 21.6 Å². The number of nitrogens with zero attached hydrogens (tertiary/aromatic N) is 2. The Hall–Kier alpha value is -3.54. The molecule has 0 bridgehead atoms. The number of halogens is 2. The first-order valence-electron chi connectivity index (χ1n) is 12.0. The molecule has 1 aromatic heterocycles. The maximum Gasteiger partial charge on any atom is 0.308 e. The standard InChI is InChI=1S/C28H19BrFN3O4S2/c29-16-8-12-19(13-9-16)33-25(35)22-21(15-6-10-17(30)11-7-15)24-27(38-23(22)26(33)36)32(28(37)39-24)14-20(34)31-18-4-2-1-3-5-18/h1-13,21-23H,14H2,(H,31,34)/t21-,22+,23-/m0/s1. The van der Waals surface area contributed by atoms with E-state index in [2.05, 4.69) is 21.2 Å². The maximum absolute atomic E-state index is 13.8. The lowest BCUT2D eigenvalue weighted by Gasteiger charge is -2.30. The highest BCUT2D eigenvalue weighted by molar-refractivity contribution is 9.10. The number of para-hydroxylation sites is 1. The summed E-state index contributed by atoms with van der Waals surface area (Å²) in [7, 11) is 0. The summed E-state index contributed by atoms with van der Waals surface area (Å²) < 4.78 is 16.0. The van der Waals surface area contributed by atoms with Crippen molar-refractivity contribution in [1.29, 1.82) is 0 Å². The van der Waals surface area contributed by atoms with Gasteiger partial charge < -0.3 is 5.32 Å². The number of carbonyl (C=O) groups is 3. The molecule has 0 spiro atoms. The highest BCUT2D eigenvalue weighted by Crippen LogP contribution is 2.53. The zero-order valence-electron chi connectivity index (χ0n) is 20.0. The summed E-state index contributed by atoms with van der Waals surface area (Å²) in [5.74, 6) is -3.05. The number of hydrogen-bond acceptors (Lipinski definition) is 6. The number of hydrogen-bond donors (Lipinski definition) is 1. The van der Waals surface area contributed by atoms with Crippen LogP contribution in [-0.4, -0.2) is 27.5 Å². The fraction of sp³-hybridized carbons (Fsp3) is 0.143. The Morgan fingerprint density at radius 3 is 2.31 bits per heavy atom. The summed E-state index contributed by atoms with van der Waals surface area (Å²) in [6.07, 6.45) is 0. The quantitative estimate of drug-likeness (QED) is 0.307. The van der Waals surface area contributed by atoms with Gasteiger partial charge in [-0.05, 0) is 54.1 Å². The Morgan fingerprint density at radius 2 is 1.62 bits per heavy atom. The summed E-state index contributed by atoms with van der Waals surface area (Å²) in [6, 6.07) is 21.5. The number of fused-ring (bicyclic) bond motifs is 2. The van der Waals surface area contributed by atoms with E-state index in [1.807, 2.05) is 6.07 Å². The number of nitrogens with one attached hydrogen (secondary N) is 1. The molecule has 3 aromatic carbocycles. The van der Waals surface area contributed by atoms with Crippen LogP contribution >= 0.6 is 39.0 Å². The molecule has 11 heteroatoms. The second-order valence-corrected chi connectivity index (χ2v) is 12.2. The van der Waals surface area contributed by atoms with Gasteiger partial charge in [0.15, 0.2) is 0 Å². The van der Waals surface area contributed by atoms with Crippen molar-refractivity contribution in [3.63, 3.8) is 0 Å². The van der Waals surface area contributed by atoms with Crippen LogP contribution in [0.1, 0.15) is 16.4 Å². The molecule has 2 aliphatic rings. The van der Waals surface area contributed by atoms with Crippen molar-refractivity contribution in [2.75, 3.05) is 10.2 Å². The number of amides is 3. The van der Waals surface area contributed by atoms with Crippen LogP contribution in [0, 0.1) is 11.7 Å². The minimum absolute atomic E-state index is 0.251. The van der Waals surface area contributed by atoms with Gasteiger partial charge >= 0.3 is 4.87 Å². The van der Waals surface area contributed by atoms with E-state index in [-0.39, 0.29) is 17.3 Å². The van der Waals surface area contributed by atoms with Crippen molar-refractivity contribution in [3.8, 4) is 0 Å². The van der Waals surface area contributed by atoms with Crippen LogP contribution in [0.5, 0.6) is 0 Å². The fourth-order valence-electron chi connectivity index (χ4n) is 4.99. The Kier molecular flexibility index (Phi) is 6.74. The van der Waals surface area contributed by atoms with Crippen molar-refractivity contribution in [2.24, 2.45) is 5.92 Å². The largest absolute Gasteiger partial charge is 0.325 e. The lowest BCUT2D eigenvalue weighted by Crippen LogP contribution is -2.33. The van der Waals surface area contributed by atoms with E-state index < -0.39 is 34.7 Å². The van der Waals surface area contributed by atoms with E-state index in [0.29, 0.717) is 26.8 Å². The van der Waals surface area contributed by atoms with Gasteiger partial charge in [0.05, 0.1) is 16.6 Å². The molecule has 2 aliphatic heterocycles. The summed E-state index contributed by atoms with van der Waals surface area (Å²) in [5, 5.41) is 2.44. The van der Waals surface area contributed by atoms with Crippen molar-refractivity contribution >= 4 is 68.1 Å². The molecule has 196 valence electrons. The number of anilines is 2. The molecule has 0 radical (unpaired) electrons. The second kappa shape index (κ2) is 10.2. The van der Waals surface area contributed by atoms with Gasteiger partial charge in [0.1, 0.15) is 17.6 Å². The Balaban J connectivity index is 1.42. The molecular weight excluding hydrogens is 605 g/mol. The summed E-state index contributed by atoms with van der Waals surface area (Å²) in [6.45, 7) is -0.251. The average Bonchev–Trinajstić information content (AvgIpc) is 3.36. The molecule has 0 saturated carbocycles. The normalized spacial score (nSPS) is 20.1. The van der Waals surface area contributed by atoms with Crippen molar-refractivity contribution < 1.29 is 18.8 Å². The van der Waals surface area contributed by atoms with E-state index in [9.17, 15) is 23.6 Å². The third-order valence-corrected chi connectivity index (χ3v) is 9.85. The van der Waals surface area contributed by atoms with Crippen LogP contribution in [0.3, 0.4) is 0 Å². The third-order valence-electron chi connectivity index (χ3n) is 6.72. The molecule has 1 saturated heterocycles. The van der Waals surface area contributed by atoms with Crippen LogP contribution in [-0.2, 0) is 20.9 Å². The van der Waals surface area contributed by atoms with Gasteiger partial charge in [0.25, 0.3) is 0 Å². The van der Waals surface area contributed by atoms with Crippen LogP contribution in [0.15, 0.2) is 93.2 Å². The van der Waals surface area contributed by atoms with Crippen LogP contribution in [0.4, 0.5) is 15.8 Å². The topological polar surface area (TPSA) is 88.5 Å². The van der Waals surface area contributed by atoms with E-state index in [0.717, 1.165) is 27.6 Å². The highest BCUT2D eigenvalue weighted by atomic mass is 79.9. The number of carbonyl (C=O) groups excluding carboxylic acids is 3. The van der Waals surface area contributed by atoms with Gasteiger partial charge in [0.2, 0.25) is 17.7 Å². The number of thioether (sulfide) groups is 1. The molecule has 3 amide bonds. The maximum atomic E-state index is 13.8. The van der Waals surface area contributed by atoms with Gasteiger partial charge in [-0.15, -0.1) is 0 Å². The predicted octanol–water partition coefficient (Wildman–Crippen LogP) is 5.25.